The Balaban J connectivity index is 2.82. The first kappa shape index (κ1) is 10.8. The van der Waals surface area contributed by atoms with Crippen molar-refractivity contribution in [2.24, 2.45) is 5.41 Å². The van der Waals surface area contributed by atoms with Crippen LogP contribution in [0.2, 0.25) is 0 Å². The Morgan fingerprint density at radius 2 is 2.21 bits per heavy atom. The number of esters is 2. The first-order valence-corrected chi connectivity index (χ1v) is 4.83. The van der Waals surface area contributed by atoms with Gasteiger partial charge in [0.25, 0.3) is 0 Å². The molecule has 0 heterocycles. The SMILES string of the molecule is CCC1(C(=O)OC(C)=O)C#CCCC1. The molecule has 0 aliphatic heterocycles. The Labute approximate surface area is 83.8 Å². The zero-order valence-corrected chi connectivity index (χ0v) is 8.55. The molecule has 0 radical (unpaired) electrons. The van der Waals surface area contributed by atoms with E-state index in [1.165, 1.54) is 6.92 Å². The highest BCUT2D eigenvalue weighted by Gasteiger charge is 2.38. The molecule has 0 bridgehead atoms. The molecule has 1 unspecified atom stereocenters. The lowest BCUT2D eigenvalue weighted by atomic mass is 9.78. The first-order chi connectivity index (χ1) is 6.60. The minimum atomic E-state index is -0.732. The number of carbonyl (C=O) groups excluding carboxylic acids is 2. The molecule has 0 saturated heterocycles. The van der Waals surface area contributed by atoms with Crippen LogP contribution in [0.15, 0.2) is 0 Å². The molecule has 1 aliphatic carbocycles. The number of hydrogen-bond donors (Lipinski definition) is 0. The van der Waals surface area contributed by atoms with Crippen molar-refractivity contribution in [2.45, 2.75) is 39.5 Å². The fourth-order valence-corrected chi connectivity index (χ4v) is 1.56. The third-order valence-corrected chi connectivity index (χ3v) is 2.46. The molecule has 0 saturated carbocycles. The van der Waals surface area contributed by atoms with Gasteiger partial charge in [0.15, 0.2) is 0 Å². The van der Waals surface area contributed by atoms with Gasteiger partial charge >= 0.3 is 11.9 Å². The van der Waals surface area contributed by atoms with E-state index in [0.717, 1.165) is 12.8 Å². The van der Waals surface area contributed by atoms with E-state index in [-0.39, 0.29) is 0 Å². The highest BCUT2D eigenvalue weighted by molar-refractivity contribution is 5.90. The second-order valence-electron chi connectivity index (χ2n) is 3.47. The van der Waals surface area contributed by atoms with Crippen molar-refractivity contribution in [3.05, 3.63) is 0 Å². The number of carbonyl (C=O) groups is 2. The molecule has 1 aliphatic rings. The van der Waals surface area contributed by atoms with Crippen LogP contribution >= 0.6 is 0 Å². The van der Waals surface area contributed by atoms with E-state index in [9.17, 15) is 9.59 Å². The Hall–Kier alpha value is -1.30. The minimum Gasteiger partial charge on any atom is -0.392 e. The predicted molar refractivity (Wildman–Crippen MR) is 51.1 cm³/mol. The normalized spacial score (nSPS) is 24.7. The van der Waals surface area contributed by atoms with Gasteiger partial charge in [-0.2, -0.15) is 0 Å². The van der Waals surface area contributed by atoms with Gasteiger partial charge in [-0.15, -0.1) is 5.92 Å². The summed E-state index contributed by atoms with van der Waals surface area (Å²) < 4.78 is 4.60. The number of rotatable bonds is 2. The van der Waals surface area contributed by atoms with Crippen molar-refractivity contribution in [1.29, 1.82) is 0 Å². The summed E-state index contributed by atoms with van der Waals surface area (Å²) in [5, 5.41) is 0. The van der Waals surface area contributed by atoms with Gasteiger partial charge in [-0.25, -0.2) is 4.79 Å². The monoisotopic (exact) mass is 194 g/mol. The zero-order chi connectivity index (χ0) is 10.6. The van der Waals surface area contributed by atoms with Crippen LogP contribution in [-0.2, 0) is 14.3 Å². The summed E-state index contributed by atoms with van der Waals surface area (Å²) in [6.07, 6.45) is 3.03. The first-order valence-electron chi connectivity index (χ1n) is 4.83. The second kappa shape index (κ2) is 4.28. The van der Waals surface area contributed by atoms with Crippen LogP contribution in [-0.4, -0.2) is 11.9 Å². The molecule has 0 amide bonds. The van der Waals surface area contributed by atoms with Crippen molar-refractivity contribution in [2.75, 3.05) is 0 Å². The maximum atomic E-state index is 11.6. The Morgan fingerprint density at radius 1 is 1.50 bits per heavy atom. The molecular formula is C11H14O3. The van der Waals surface area contributed by atoms with E-state index in [1.807, 2.05) is 6.92 Å². The van der Waals surface area contributed by atoms with Crippen LogP contribution in [0.4, 0.5) is 0 Å². The number of hydrogen-bond acceptors (Lipinski definition) is 3. The van der Waals surface area contributed by atoms with Crippen LogP contribution < -0.4 is 0 Å². The molecule has 1 atom stereocenters. The van der Waals surface area contributed by atoms with Crippen molar-refractivity contribution in [1.82, 2.24) is 0 Å². The molecule has 0 aromatic rings. The summed E-state index contributed by atoms with van der Waals surface area (Å²) >= 11 is 0. The highest BCUT2D eigenvalue weighted by Crippen LogP contribution is 2.32. The van der Waals surface area contributed by atoms with Gasteiger partial charge in [0.1, 0.15) is 5.41 Å². The lowest BCUT2D eigenvalue weighted by Gasteiger charge is -2.25. The average Bonchev–Trinajstić information content (AvgIpc) is 2.18. The van der Waals surface area contributed by atoms with Crippen molar-refractivity contribution >= 4 is 11.9 Å². The molecule has 3 nitrogen and oxygen atoms in total. The van der Waals surface area contributed by atoms with Gasteiger partial charge in [0.2, 0.25) is 0 Å². The predicted octanol–water partition coefficient (Wildman–Crippen LogP) is 1.66. The van der Waals surface area contributed by atoms with E-state index in [4.69, 9.17) is 0 Å². The summed E-state index contributed by atoms with van der Waals surface area (Å²) in [6, 6.07) is 0. The molecule has 0 fully saturated rings. The average molecular weight is 194 g/mol. The largest absolute Gasteiger partial charge is 0.392 e. The van der Waals surface area contributed by atoms with Gasteiger partial charge < -0.3 is 4.74 Å². The fourth-order valence-electron chi connectivity index (χ4n) is 1.56. The summed E-state index contributed by atoms with van der Waals surface area (Å²) in [5.41, 5.74) is -0.732. The van der Waals surface area contributed by atoms with Crippen LogP contribution in [0.1, 0.15) is 39.5 Å². The summed E-state index contributed by atoms with van der Waals surface area (Å²) in [4.78, 5) is 22.3. The highest BCUT2D eigenvalue weighted by atomic mass is 16.6. The lowest BCUT2D eigenvalue weighted by Crippen LogP contribution is -2.33. The van der Waals surface area contributed by atoms with Gasteiger partial charge in [0.05, 0.1) is 0 Å². The molecule has 0 aromatic carbocycles. The molecule has 3 heteroatoms. The lowest BCUT2D eigenvalue weighted by molar-refractivity contribution is -0.164. The summed E-state index contributed by atoms with van der Waals surface area (Å²) in [5.74, 6) is 4.78. The zero-order valence-electron chi connectivity index (χ0n) is 8.55. The molecule has 0 spiro atoms. The topological polar surface area (TPSA) is 43.4 Å². The molecule has 1 rings (SSSR count). The van der Waals surface area contributed by atoms with E-state index in [0.29, 0.717) is 12.8 Å². The van der Waals surface area contributed by atoms with E-state index in [2.05, 4.69) is 16.6 Å². The smallest absolute Gasteiger partial charge is 0.331 e. The Morgan fingerprint density at radius 3 is 2.64 bits per heavy atom. The maximum absolute atomic E-state index is 11.6. The van der Waals surface area contributed by atoms with E-state index >= 15 is 0 Å². The standard InChI is InChI=1S/C11H14O3/c1-3-11(7-5-4-6-8-11)10(13)14-9(2)12/h3-5,7H2,1-2H3. The van der Waals surface area contributed by atoms with E-state index < -0.39 is 17.4 Å². The molecule has 0 aromatic heterocycles. The summed E-state index contributed by atoms with van der Waals surface area (Å²) in [6.45, 7) is 3.12. The van der Waals surface area contributed by atoms with Crippen molar-refractivity contribution in [3.8, 4) is 11.8 Å². The number of ether oxygens (including phenoxy) is 1. The quantitative estimate of drug-likeness (QED) is 0.381. The van der Waals surface area contributed by atoms with Crippen LogP contribution in [0.3, 0.4) is 0 Å². The Bertz CT molecular complexity index is 308. The third kappa shape index (κ3) is 2.14. The summed E-state index contributed by atoms with van der Waals surface area (Å²) in [7, 11) is 0. The van der Waals surface area contributed by atoms with Gasteiger partial charge in [-0.3, -0.25) is 4.79 Å². The van der Waals surface area contributed by atoms with Crippen molar-refractivity contribution < 1.29 is 14.3 Å². The van der Waals surface area contributed by atoms with Gasteiger partial charge in [-0.1, -0.05) is 12.8 Å². The van der Waals surface area contributed by atoms with Crippen LogP contribution in [0, 0.1) is 17.3 Å². The molecule has 14 heavy (non-hydrogen) atoms. The van der Waals surface area contributed by atoms with E-state index in [1.54, 1.807) is 0 Å². The molecule has 0 N–H and O–H groups in total. The minimum absolute atomic E-state index is 0.486. The molecular weight excluding hydrogens is 180 g/mol. The van der Waals surface area contributed by atoms with Gasteiger partial charge in [0, 0.05) is 13.3 Å². The fraction of sp³-hybridized carbons (Fsp3) is 0.636. The third-order valence-electron chi connectivity index (χ3n) is 2.46. The second-order valence-corrected chi connectivity index (χ2v) is 3.47. The Kier molecular flexibility index (Phi) is 3.29. The molecule has 76 valence electrons. The van der Waals surface area contributed by atoms with Crippen molar-refractivity contribution in [3.63, 3.8) is 0 Å². The maximum Gasteiger partial charge on any atom is 0.331 e. The van der Waals surface area contributed by atoms with Crippen LogP contribution in [0.5, 0.6) is 0 Å². The van der Waals surface area contributed by atoms with Crippen LogP contribution in [0.25, 0.3) is 0 Å². The van der Waals surface area contributed by atoms with Gasteiger partial charge in [-0.05, 0) is 19.3 Å².